The van der Waals surface area contributed by atoms with Crippen molar-refractivity contribution in [2.45, 2.75) is 6.54 Å². The van der Waals surface area contributed by atoms with Gasteiger partial charge in [0.1, 0.15) is 11.6 Å². The Kier molecular flexibility index (Phi) is 5.09. The zero-order valence-corrected chi connectivity index (χ0v) is 11.8. The van der Waals surface area contributed by atoms with E-state index in [0.717, 1.165) is 44.1 Å². The van der Waals surface area contributed by atoms with Crippen molar-refractivity contribution < 1.29 is 8.78 Å². The van der Waals surface area contributed by atoms with Crippen molar-refractivity contribution >= 4 is 15.9 Å². The van der Waals surface area contributed by atoms with Crippen LogP contribution in [0, 0.1) is 11.6 Å². The Morgan fingerprint density at radius 1 is 1.06 bits per heavy atom. The van der Waals surface area contributed by atoms with E-state index < -0.39 is 11.6 Å². The highest BCUT2D eigenvalue weighted by Crippen LogP contribution is 2.13. The zero-order chi connectivity index (χ0) is 13.0. The SMILES string of the molecule is Fc1ccc(CN2CCN(CCBr)CC2)c(F)c1. The van der Waals surface area contributed by atoms with Crippen LogP contribution < -0.4 is 0 Å². The Hall–Kier alpha value is -0.520. The molecule has 0 amide bonds. The summed E-state index contributed by atoms with van der Waals surface area (Å²) in [5, 5.41) is 0.986. The molecule has 2 nitrogen and oxygen atoms in total. The number of nitrogens with zero attached hydrogens (tertiary/aromatic N) is 2. The van der Waals surface area contributed by atoms with Gasteiger partial charge in [-0.25, -0.2) is 8.78 Å². The summed E-state index contributed by atoms with van der Waals surface area (Å²) in [5.41, 5.74) is 0.574. The normalized spacial score (nSPS) is 18.2. The Bertz CT molecular complexity index is 393. The second-order valence-corrected chi connectivity index (χ2v) is 5.34. The third-order valence-corrected chi connectivity index (χ3v) is 3.63. The molecule has 1 aliphatic heterocycles. The monoisotopic (exact) mass is 318 g/mol. The van der Waals surface area contributed by atoms with Crippen LogP contribution in [0.3, 0.4) is 0 Å². The van der Waals surface area contributed by atoms with Crippen molar-refractivity contribution in [3.63, 3.8) is 0 Å². The molecule has 1 aromatic rings. The van der Waals surface area contributed by atoms with Crippen molar-refractivity contribution in [3.8, 4) is 0 Å². The van der Waals surface area contributed by atoms with Gasteiger partial charge in [-0.3, -0.25) is 9.80 Å². The molecule has 1 saturated heterocycles. The van der Waals surface area contributed by atoms with Gasteiger partial charge in [-0.05, 0) is 6.07 Å². The second kappa shape index (κ2) is 6.59. The molecule has 1 fully saturated rings. The van der Waals surface area contributed by atoms with E-state index in [1.807, 2.05) is 0 Å². The third kappa shape index (κ3) is 3.73. The van der Waals surface area contributed by atoms with Crippen LogP contribution in [0.1, 0.15) is 5.56 Å². The molecule has 0 atom stereocenters. The van der Waals surface area contributed by atoms with Crippen molar-refractivity contribution in [1.29, 1.82) is 0 Å². The molecule has 0 saturated carbocycles. The molecule has 0 N–H and O–H groups in total. The van der Waals surface area contributed by atoms with Gasteiger partial charge in [0.2, 0.25) is 0 Å². The summed E-state index contributed by atoms with van der Waals surface area (Å²) < 4.78 is 26.3. The van der Waals surface area contributed by atoms with Gasteiger partial charge >= 0.3 is 0 Å². The minimum absolute atomic E-state index is 0.446. The molecule has 18 heavy (non-hydrogen) atoms. The number of benzene rings is 1. The molecule has 0 radical (unpaired) electrons. The molecule has 2 rings (SSSR count). The Labute approximate surface area is 115 Å². The van der Waals surface area contributed by atoms with Gasteiger partial charge in [-0.1, -0.05) is 22.0 Å². The lowest BCUT2D eigenvalue weighted by Gasteiger charge is -2.34. The van der Waals surface area contributed by atoms with Crippen LogP contribution in [0.2, 0.25) is 0 Å². The van der Waals surface area contributed by atoms with E-state index >= 15 is 0 Å². The molecular formula is C13H17BrF2N2. The molecule has 1 aliphatic rings. The minimum Gasteiger partial charge on any atom is -0.300 e. The predicted octanol–water partition coefficient (Wildman–Crippen LogP) is 2.48. The minimum atomic E-state index is -0.515. The van der Waals surface area contributed by atoms with Crippen LogP contribution in [0.4, 0.5) is 8.78 Å². The van der Waals surface area contributed by atoms with E-state index in [2.05, 4.69) is 25.7 Å². The van der Waals surface area contributed by atoms with Crippen molar-refractivity contribution in [3.05, 3.63) is 35.4 Å². The Morgan fingerprint density at radius 2 is 1.72 bits per heavy atom. The number of piperazine rings is 1. The van der Waals surface area contributed by atoms with E-state index in [-0.39, 0.29) is 0 Å². The summed E-state index contributed by atoms with van der Waals surface area (Å²) in [6, 6.07) is 3.81. The molecule has 0 bridgehead atoms. The molecule has 0 aliphatic carbocycles. The molecule has 1 heterocycles. The quantitative estimate of drug-likeness (QED) is 0.787. The predicted molar refractivity (Wildman–Crippen MR) is 71.9 cm³/mol. The summed E-state index contributed by atoms with van der Waals surface area (Å²) in [5.74, 6) is -0.962. The summed E-state index contributed by atoms with van der Waals surface area (Å²) in [4.78, 5) is 4.59. The first-order chi connectivity index (χ1) is 8.69. The molecule has 1 aromatic carbocycles. The van der Waals surface area contributed by atoms with E-state index in [9.17, 15) is 8.78 Å². The zero-order valence-electron chi connectivity index (χ0n) is 10.2. The number of hydrogen-bond donors (Lipinski definition) is 0. The van der Waals surface area contributed by atoms with Crippen molar-refractivity contribution in [2.24, 2.45) is 0 Å². The fourth-order valence-corrected chi connectivity index (χ4v) is 2.68. The summed E-state index contributed by atoms with van der Waals surface area (Å²) in [7, 11) is 0. The maximum atomic E-state index is 13.5. The van der Waals surface area contributed by atoms with Crippen LogP contribution in [-0.4, -0.2) is 47.9 Å². The lowest BCUT2D eigenvalue weighted by molar-refractivity contribution is 0.132. The van der Waals surface area contributed by atoms with Crippen molar-refractivity contribution in [1.82, 2.24) is 9.80 Å². The fraction of sp³-hybridized carbons (Fsp3) is 0.538. The van der Waals surface area contributed by atoms with Gasteiger partial charge in [-0.15, -0.1) is 0 Å². The van der Waals surface area contributed by atoms with Crippen LogP contribution in [0.25, 0.3) is 0 Å². The molecule has 0 spiro atoms. The van der Waals surface area contributed by atoms with Gasteiger partial charge in [0.25, 0.3) is 0 Å². The molecule has 0 aromatic heterocycles. The number of halogens is 3. The summed E-state index contributed by atoms with van der Waals surface area (Å²) >= 11 is 3.43. The van der Waals surface area contributed by atoms with Crippen LogP contribution in [0.5, 0.6) is 0 Å². The average Bonchev–Trinajstić information content (AvgIpc) is 2.35. The van der Waals surface area contributed by atoms with Gasteiger partial charge in [0.15, 0.2) is 0 Å². The summed E-state index contributed by atoms with van der Waals surface area (Å²) in [6.45, 7) is 5.50. The second-order valence-electron chi connectivity index (χ2n) is 4.54. The van der Waals surface area contributed by atoms with Crippen LogP contribution in [0.15, 0.2) is 18.2 Å². The maximum absolute atomic E-state index is 13.5. The number of hydrogen-bond acceptors (Lipinski definition) is 2. The van der Waals surface area contributed by atoms with E-state index in [1.165, 1.54) is 12.1 Å². The number of rotatable bonds is 4. The highest BCUT2D eigenvalue weighted by atomic mass is 79.9. The molecular weight excluding hydrogens is 302 g/mol. The van der Waals surface area contributed by atoms with Gasteiger partial charge in [-0.2, -0.15) is 0 Å². The molecule has 0 unspecified atom stereocenters. The first kappa shape index (κ1) is 13.9. The van der Waals surface area contributed by atoms with Crippen molar-refractivity contribution in [2.75, 3.05) is 38.1 Å². The fourth-order valence-electron chi connectivity index (χ4n) is 2.18. The van der Waals surface area contributed by atoms with E-state index in [1.54, 1.807) is 0 Å². The standard InChI is InChI=1S/C13H17BrF2N2/c14-3-4-17-5-7-18(8-6-17)10-11-1-2-12(15)9-13(11)16/h1-2,9H,3-8,10H2. The lowest BCUT2D eigenvalue weighted by atomic mass is 10.2. The Balaban J connectivity index is 1.87. The van der Waals surface area contributed by atoms with Gasteiger partial charge in [0.05, 0.1) is 0 Å². The van der Waals surface area contributed by atoms with E-state index in [4.69, 9.17) is 0 Å². The highest BCUT2D eigenvalue weighted by Gasteiger charge is 2.17. The maximum Gasteiger partial charge on any atom is 0.130 e. The smallest absolute Gasteiger partial charge is 0.130 e. The highest BCUT2D eigenvalue weighted by molar-refractivity contribution is 9.09. The van der Waals surface area contributed by atoms with Gasteiger partial charge in [0, 0.05) is 56.2 Å². The largest absolute Gasteiger partial charge is 0.300 e. The third-order valence-electron chi connectivity index (χ3n) is 3.27. The van der Waals surface area contributed by atoms with E-state index in [0.29, 0.717) is 12.1 Å². The average molecular weight is 319 g/mol. The first-order valence-corrected chi connectivity index (χ1v) is 7.26. The molecule has 100 valence electrons. The first-order valence-electron chi connectivity index (χ1n) is 6.13. The van der Waals surface area contributed by atoms with Crippen LogP contribution in [-0.2, 0) is 6.54 Å². The lowest BCUT2D eigenvalue weighted by Crippen LogP contribution is -2.46. The Morgan fingerprint density at radius 3 is 2.33 bits per heavy atom. The topological polar surface area (TPSA) is 6.48 Å². The molecule has 5 heteroatoms. The number of alkyl halides is 1. The van der Waals surface area contributed by atoms with Gasteiger partial charge < -0.3 is 0 Å². The summed E-state index contributed by atoms with van der Waals surface area (Å²) in [6.07, 6.45) is 0. The van der Waals surface area contributed by atoms with Crippen LogP contribution >= 0.6 is 15.9 Å².